The van der Waals surface area contributed by atoms with Crippen molar-refractivity contribution in [3.05, 3.63) is 89.1 Å². The summed E-state index contributed by atoms with van der Waals surface area (Å²) in [6.07, 6.45) is 9.27. The van der Waals surface area contributed by atoms with Gasteiger partial charge in [0.15, 0.2) is 0 Å². The number of fused-ring (bicyclic) bond motifs is 4. The summed E-state index contributed by atoms with van der Waals surface area (Å²) in [6, 6.07) is 9.81. The van der Waals surface area contributed by atoms with Crippen LogP contribution in [-0.2, 0) is 25.5 Å². The molecule has 4 aromatic rings. The van der Waals surface area contributed by atoms with Crippen LogP contribution in [0.2, 0.25) is 5.02 Å². The van der Waals surface area contributed by atoms with Crippen molar-refractivity contribution in [1.82, 2.24) is 35.5 Å². The molecule has 5 rings (SSSR count). The summed E-state index contributed by atoms with van der Waals surface area (Å²) in [4.78, 5) is 45.0. The van der Waals surface area contributed by atoms with E-state index in [2.05, 4.69) is 36.1 Å². The highest BCUT2D eigenvalue weighted by molar-refractivity contribution is 6.30. The standard InChI is InChI=1S/C28H25ClN8O5/c1-41-26(39)13-17-5-8-20-22(12-17)34-28(40)42-11-3-2-4-21(27-30-15-23(20)33-27)32-25(38)10-6-18-14-19(29)7-9-24(18)37-16-31-35-36-37/h2-3,5-10,12,14-16,21H,4,11,13H2,1H3,(H,30,33)(H,32,38)(H,34,40)/b3-2+,10-6+/t21-/m0/s1. The molecule has 214 valence electrons. The van der Waals surface area contributed by atoms with Gasteiger partial charge >= 0.3 is 12.1 Å². The monoisotopic (exact) mass is 588 g/mol. The fourth-order valence-electron chi connectivity index (χ4n) is 4.26. The maximum atomic E-state index is 13.0. The van der Waals surface area contributed by atoms with Crippen molar-refractivity contribution < 1.29 is 23.9 Å². The van der Waals surface area contributed by atoms with Crippen LogP contribution in [0.5, 0.6) is 0 Å². The van der Waals surface area contributed by atoms with Gasteiger partial charge < -0.3 is 19.8 Å². The summed E-state index contributed by atoms with van der Waals surface area (Å²) in [7, 11) is 1.31. The lowest BCUT2D eigenvalue weighted by Crippen LogP contribution is -2.27. The molecule has 1 aliphatic heterocycles. The minimum atomic E-state index is -0.660. The van der Waals surface area contributed by atoms with E-state index in [1.165, 1.54) is 24.2 Å². The Labute approximate surface area is 244 Å². The van der Waals surface area contributed by atoms with Crippen molar-refractivity contribution in [2.45, 2.75) is 18.9 Å². The van der Waals surface area contributed by atoms with E-state index in [0.29, 0.717) is 51.0 Å². The maximum Gasteiger partial charge on any atom is 0.411 e. The molecule has 0 spiro atoms. The number of aromatic amines is 1. The van der Waals surface area contributed by atoms with Crippen molar-refractivity contribution in [2.24, 2.45) is 0 Å². The molecule has 0 saturated carbocycles. The average Bonchev–Trinajstić information content (AvgIpc) is 3.68. The van der Waals surface area contributed by atoms with Gasteiger partial charge in [-0.15, -0.1) is 5.10 Å². The van der Waals surface area contributed by atoms with Gasteiger partial charge in [-0.3, -0.25) is 14.9 Å². The number of halogens is 1. The fraction of sp³-hybridized carbons (Fsp3) is 0.179. The van der Waals surface area contributed by atoms with E-state index < -0.39 is 18.1 Å². The third-order valence-electron chi connectivity index (χ3n) is 6.28. The molecule has 1 atom stereocenters. The van der Waals surface area contributed by atoms with Gasteiger partial charge in [-0.25, -0.2) is 9.78 Å². The number of H-pyrrole nitrogens is 1. The zero-order chi connectivity index (χ0) is 29.5. The first-order chi connectivity index (χ1) is 20.4. The van der Waals surface area contributed by atoms with Crippen LogP contribution in [0.15, 0.2) is 67.2 Å². The number of aromatic nitrogens is 6. The number of carbonyl (C=O) groups is 3. The fourth-order valence-corrected chi connectivity index (χ4v) is 4.44. The van der Waals surface area contributed by atoms with Gasteiger partial charge in [-0.2, -0.15) is 4.68 Å². The minimum absolute atomic E-state index is 0.0148. The number of benzene rings is 2. The van der Waals surface area contributed by atoms with E-state index in [1.54, 1.807) is 60.8 Å². The van der Waals surface area contributed by atoms with E-state index in [4.69, 9.17) is 21.1 Å². The number of methoxy groups -OCH3 is 1. The van der Waals surface area contributed by atoms with Crippen molar-refractivity contribution >= 4 is 41.3 Å². The summed E-state index contributed by atoms with van der Waals surface area (Å²) in [5.41, 5.74) is 3.55. The highest BCUT2D eigenvalue weighted by Gasteiger charge is 2.19. The predicted molar refractivity (Wildman–Crippen MR) is 153 cm³/mol. The number of cyclic esters (lactones) is 1. The van der Waals surface area contributed by atoms with Gasteiger partial charge in [0, 0.05) is 22.2 Å². The Kier molecular flexibility index (Phi) is 8.68. The van der Waals surface area contributed by atoms with E-state index >= 15 is 0 Å². The molecule has 2 aromatic heterocycles. The molecule has 3 heterocycles. The number of amides is 2. The van der Waals surface area contributed by atoms with Crippen molar-refractivity contribution in [3.8, 4) is 16.9 Å². The van der Waals surface area contributed by atoms with E-state index in [9.17, 15) is 14.4 Å². The number of hydrogen-bond donors (Lipinski definition) is 3. The lowest BCUT2D eigenvalue weighted by atomic mass is 10.0. The molecule has 0 unspecified atom stereocenters. The molecular formula is C28H25ClN8O5. The van der Waals surface area contributed by atoms with Crippen LogP contribution in [0.4, 0.5) is 10.5 Å². The van der Waals surface area contributed by atoms with Crippen molar-refractivity contribution in [3.63, 3.8) is 0 Å². The Morgan fingerprint density at radius 2 is 2.12 bits per heavy atom. The molecule has 0 aliphatic carbocycles. The molecule has 3 N–H and O–H groups in total. The molecule has 14 heteroatoms. The molecule has 42 heavy (non-hydrogen) atoms. The summed E-state index contributed by atoms with van der Waals surface area (Å²) in [6.45, 7) is 0.0148. The number of carbonyl (C=O) groups excluding carboxylic acids is 3. The Morgan fingerprint density at radius 3 is 2.93 bits per heavy atom. The molecule has 0 fully saturated rings. The summed E-state index contributed by atoms with van der Waals surface area (Å²) >= 11 is 6.18. The van der Waals surface area contributed by atoms with Crippen LogP contribution in [0.1, 0.15) is 29.4 Å². The molecule has 2 bridgehead atoms. The normalized spacial score (nSPS) is 15.8. The zero-order valence-corrected chi connectivity index (χ0v) is 23.0. The SMILES string of the molecule is COC(=O)Cc1ccc2c(c1)NC(=O)OC/C=C/C[C@H](NC(=O)/C=C/c1cc(Cl)ccc1-n1cnnn1)c1ncc-2[nH]1. The summed E-state index contributed by atoms with van der Waals surface area (Å²) < 4.78 is 11.5. The van der Waals surface area contributed by atoms with Gasteiger partial charge in [0.1, 0.15) is 18.8 Å². The van der Waals surface area contributed by atoms with Crippen molar-refractivity contribution in [1.29, 1.82) is 0 Å². The highest BCUT2D eigenvalue weighted by Crippen LogP contribution is 2.30. The lowest BCUT2D eigenvalue weighted by Gasteiger charge is -2.14. The summed E-state index contributed by atoms with van der Waals surface area (Å²) in [5.74, 6) is -0.283. The average molecular weight is 589 g/mol. The number of hydrogen-bond acceptors (Lipinski definition) is 9. The Morgan fingerprint density at radius 1 is 1.24 bits per heavy atom. The maximum absolute atomic E-state index is 13.0. The largest absolute Gasteiger partial charge is 0.469 e. The molecule has 0 radical (unpaired) electrons. The van der Waals surface area contributed by atoms with Gasteiger partial charge in [-0.1, -0.05) is 35.9 Å². The third kappa shape index (κ3) is 6.88. The second-order valence-electron chi connectivity index (χ2n) is 9.10. The number of esters is 1. The molecule has 0 saturated heterocycles. The Balaban J connectivity index is 1.40. The quantitative estimate of drug-likeness (QED) is 0.172. The second-order valence-corrected chi connectivity index (χ2v) is 9.53. The topological polar surface area (TPSA) is 166 Å². The number of anilines is 1. The van der Waals surface area contributed by atoms with E-state index in [1.807, 2.05) is 0 Å². The molecule has 2 aromatic carbocycles. The first-order valence-electron chi connectivity index (χ1n) is 12.7. The lowest BCUT2D eigenvalue weighted by molar-refractivity contribution is -0.139. The van der Waals surface area contributed by atoms with Gasteiger partial charge in [0.2, 0.25) is 5.91 Å². The third-order valence-corrected chi connectivity index (χ3v) is 6.51. The smallest absolute Gasteiger partial charge is 0.411 e. The first-order valence-corrected chi connectivity index (χ1v) is 13.1. The molecule has 1 aliphatic rings. The van der Waals surface area contributed by atoms with Crippen LogP contribution in [0.3, 0.4) is 0 Å². The minimum Gasteiger partial charge on any atom is -0.469 e. The summed E-state index contributed by atoms with van der Waals surface area (Å²) in [5, 5.41) is 17.4. The van der Waals surface area contributed by atoms with Crippen LogP contribution in [0.25, 0.3) is 23.0 Å². The van der Waals surface area contributed by atoms with E-state index in [0.717, 1.165) is 0 Å². The number of tetrazole rings is 1. The van der Waals surface area contributed by atoms with Crippen LogP contribution in [0, 0.1) is 0 Å². The van der Waals surface area contributed by atoms with Crippen LogP contribution in [-0.4, -0.2) is 61.9 Å². The number of ether oxygens (including phenoxy) is 2. The Hall–Kier alpha value is -5.30. The highest BCUT2D eigenvalue weighted by atomic mass is 35.5. The second kappa shape index (κ2) is 12.9. The molecular weight excluding hydrogens is 564 g/mol. The van der Waals surface area contributed by atoms with Crippen LogP contribution < -0.4 is 10.6 Å². The number of nitrogens with zero attached hydrogens (tertiary/aromatic N) is 5. The number of imidazole rings is 1. The van der Waals surface area contributed by atoms with Crippen LogP contribution >= 0.6 is 11.6 Å². The molecule has 13 nitrogen and oxygen atoms in total. The van der Waals surface area contributed by atoms with Gasteiger partial charge in [0.25, 0.3) is 0 Å². The van der Waals surface area contributed by atoms with Gasteiger partial charge in [-0.05, 0) is 52.8 Å². The van der Waals surface area contributed by atoms with E-state index in [-0.39, 0.29) is 18.9 Å². The van der Waals surface area contributed by atoms with Crippen molar-refractivity contribution in [2.75, 3.05) is 19.0 Å². The number of nitrogens with one attached hydrogen (secondary N) is 3. The van der Waals surface area contributed by atoms with Gasteiger partial charge in [0.05, 0.1) is 42.8 Å². The first kappa shape index (κ1) is 28.2. The zero-order valence-electron chi connectivity index (χ0n) is 22.3. The predicted octanol–water partition coefficient (Wildman–Crippen LogP) is 3.80. The molecule has 2 amide bonds. The Bertz CT molecular complexity index is 1660. The number of rotatable bonds is 6.